The second-order valence-corrected chi connectivity index (χ2v) is 8.40. The molecule has 1 aliphatic heterocycles. The molecule has 2 aromatic rings. The summed E-state index contributed by atoms with van der Waals surface area (Å²) in [6.07, 6.45) is 3.17. The molecule has 3 rings (SSSR count). The smallest absolute Gasteiger partial charge is 0.254 e. The standard InChI is InChI=1S/C25H34N2O2/c1-18(2)26-16-5-17-29-24-14-12-22(13-15-24)21-8-10-23(11-9-21)25(28)27-19(3)6-7-20(27)4/h8-15,18-20,26H,5-7,16-17H2,1-4H3/t19-,20-/m0/s1. The summed E-state index contributed by atoms with van der Waals surface area (Å²) in [6, 6.07) is 17.3. The highest BCUT2D eigenvalue weighted by molar-refractivity contribution is 5.95. The van der Waals surface area contributed by atoms with Gasteiger partial charge >= 0.3 is 0 Å². The fraction of sp³-hybridized carbons (Fsp3) is 0.480. The molecule has 4 heteroatoms. The highest BCUT2D eigenvalue weighted by Gasteiger charge is 2.31. The quantitative estimate of drug-likeness (QED) is 0.631. The van der Waals surface area contributed by atoms with Gasteiger partial charge in [0.1, 0.15) is 5.75 Å². The molecule has 0 spiro atoms. The Labute approximate surface area is 175 Å². The zero-order valence-corrected chi connectivity index (χ0v) is 18.2. The lowest BCUT2D eigenvalue weighted by Crippen LogP contribution is -2.38. The van der Waals surface area contributed by atoms with E-state index in [0.717, 1.165) is 48.2 Å². The van der Waals surface area contributed by atoms with Gasteiger partial charge in [-0.1, -0.05) is 38.1 Å². The third-order valence-electron chi connectivity index (χ3n) is 5.65. The maximum Gasteiger partial charge on any atom is 0.254 e. The van der Waals surface area contributed by atoms with E-state index in [2.05, 4.69) is 45.1 Å². The lowest BCUT2D eigenvalue weighted by atomic mass is 10.0. The van der Waals surface area contributed by atoms with E-state index in [1.165, 1.54) is 0 Å². The highest BCUT2D eigenvalue weighted by atomic mass is 16.5. The number of rotatable bonds is 8. The van der Waals surface area contributed by atoms with Gasteiger partial charge in [-0.2, -0.15) is 0 Å². The van der Waals surface area contributed by atoms with Crippen molar-refractivity contribution < 1.29 is 9.53 Å². The van der Waals surface area contributed by atoms with Crippen molar-refractivity contribution in [2.45, 2.75) is 65.1 Å². The Kier molecular flexibility index (Phi) is 7.32. The number of nitrogens with zero attached hydrogens (tertiary/aromatic N) is 1. The number of hydrogen-bond donors (Lipinski definition) is 1. The number of amides is 1. The Hall–Kier alpha value is -2.33. The Morgan fingerprint density at radius 1 is 1.00 bits per heavy atom. The fourth-order valence-corrected chi connectivity index (χ4v) is 3.95. The third-order valence-corrected chi connectivity index (χ3v) is 5.65. The van der Waals surface area contributed by atoms with E-state index in [1.807, 2.05) is 41.3 Å². The molecule has 0 aliphatic carbocycles. The summed E-state index contributed by atoms with van der Waals surface area (Å²) in [6.45, 7) is 10.3. The molecule has 1 N–H and O–H groups in total. The Morgan fingerprint density at radius 2 is 1.55 bits per heavy atom. The van der Waals surface area contributed by atoms with Gasteiger partial charge in [-0.05, 0) is 75.0 Å². The van der Waals surface area contributed by atoms with E-state index in [4.69, 9.17) is 4.74 Å². The van der Waals surface area contributed by atoms with Gasteiger partial charge in [0.25, 0.3) is 5.91 Å². The van der Waals surface area contributed by atoms with E-state index in [1.54, 1.807) is 0 Å². The topological polar surface area (TPSA) is 41.6 Å². The summed E-state index contributed by atoms with van der Waals surface area (Å²) in [5.41, 5.74) is 3.00. The average Bonchev–Trinajstić information content (AvgIpc) is 3.06. The van der Waals surface area contributed by atoms with Crippen molar-refractivity contribution in [1.82, 2.24) is 10.2 Å². The van der Waals surface area contributed by atoms with Crippen molar-refractivity contribution in [3.63, 3.8) is 0 Å². The second kappa shape index (κ2) is 9.93. The van der Waals surface area contributed by atoms with Crippen molar-refractivity contribution in [3.05, 3.63) is 54.1 Å². The van der Waals surface area contributed by atoms with E-state index in [9.17, 15) is 4.79 Å². The third kappa shape index (κ3) is 5.60. The average molecular weight is 395 g/mol. The van der Waals surface area contributed by atoms with Crippen molar-refractivity contribution >= 4 is 5.91 Å². The zero-order valence-electron chi connectivity index (χ0n) is 18.2. The van der Waals surface area contributed by atoms with Crippen LogP contribution >= 0.6 is 0 Å². The molecule has 1 aliphatic rings. The molecule has 2 atom stereocenters. The van der Waals surface area contributed by atoms with Crippen LogP contribution in [0.5, 0.6) is 5.75 Å². The molecule has 2 aromatic carbocycles. The number of ether oxygens (including phenoxy) is 1. The van der Waals surface area contributed by atoms with Crippen LogP contribution < -0.4 is 10.1 Å². The van der Waals surface area contributed by atoms with Gasteiger partial charge in [-0.3, -0.25) is 4.79 Å². The first-order valence-corrected chi connectivity index (χ1v) is 10.8. The van der Waals surface area contributed by atoms with Crippen LogP contribution in [0.2, 0.25) is 0 Å². The molecule has 1 amide bonds. The molecular formula is C25H34N2O2. The summed E-state index contributed by atoms with van der Waals surface area (Å²) >= 11 is 0. The summed E-state index contributed by atoms with van der Waals surface area (Å²) in [4.78, 5) is 14.9. The number of hydrogen-bond acceptors (Lipinski definition) is 3. The first-order chi connectivity index (χ1) is 14.0. The van der Waals surface area contributed by atoms with Crippen LogP contribution in [0.15, 0.2) is 48.5 Å². The van der Waals surface area contributed by atoms with Gasteiger partial charge in [0.05, 0.1) is 6.61 Å². The molecule has 1 fully saturated rings. The van der Waals surface area contributed by atoms with E-state index < -0.39 is 0 Å². The van der Waals surface area contributed by atoms with E-state index in [0.29, 0.717) is 24.7 Å². The minimum Gasteiger partial charge on any atom is -0.494 e. The van der Waals surface area contributed by atoms with Gasteiger partial charge < -0.3 is 15.0 Å². The van der Waals surface area contributed by atoms with Crippen molar-refractivity contribution in [2.75, 3.05) is 13.2 Å². The van der Waals surface area contributed by atoms with Gasteiger partial charge in [0, 0.05) is 23.7 Å². The van der Waals surface area contributed by atoms with Crippen LogP contribution in [-0.2, 0) is 0 Å². The van der Waals surface area contributed by atoms with E-state index >= 15 is 0 Å². The highest BCUT2D eigenvalue weighted by Crippen LogP contribution is 2.27. The molecule has 0 aromatic heterocycles. The van der Waals surface area contributed by atoms with Gasteiger partial charge in [-0.15, -0.1) is 0 Å². The SMILES string of the molecule is CC(C)NCCCOc1ccc(-c2ccc(C(=O)N3[C@@H](C)CC[C@@H]3C)cc2)cc1. The van der Waals surface area contributed by atoms with E-state index in [-0.39, 0.29) is 5.91 Å². The Bertz CT molecular complexity index is 773. The largest absolute Gasteiger partial charge is 0.494 e. The lowest BCUT2D eigenvalue weighted by molar-refractivity contribution is 0.0693. The van der Waals surface area contributed by atoms with Crippen LogP contribution in [0.1, 0.15) is 57.3 Å². The predicted molar refractivity (Wildman–Crippen MR) is 119 cm³/mol. The van der Waals surface area contributed by atoms with Gasteiger partial charge in [0.2, 0.25) is 0 Å². The van der Waals surface area contributed by atoms with Crippen molar-refractivity contribution in [3.8, 4) is 16.9 Å². The monoisotopic (exact) mass is 394 g/mol. The Morgan fingerprint density at radius 3 is 2.10 bits per heavy atom. The predicted octanol–water partition coefficient (Wildman–Crippen LogP) is 5.13. The maximum atomic E-state index is 12.8. The molecular weight excluding hydrogens is 360 g/mol. The maximum absolute atomic E-state index is 12.8. The normalized spacial score (nSPS) is 19.0. The molecule has 0 unspecified atom stereocenters. The second-order valence-electron chi connectivity index (χ2n) is 8.40. The number of carbonyl (C=O) groups is 1. The summed E-state index contributed by atoms with van der Waals surface area (Å²) < 4.78 is 5.82. The van der Waals surface area contributed by atoms with Crippen LogP contribution in [0.3, 0.4) is 0 Å². The van der Waals surface area contributed by atoms with Crippen LogP contribution in [-0.4, -0.2) is 42.1 Å². The van der Waals surface area contributed by atoms with Crippen molar-refractivity contribution in [2.24, 2.45) is 0 Å². The molecule has 1 saturated heterocycles. The lowest BCUT2D eigenvalue weighted by Gasteiger charge is -2.26. The van der Waals surface area contributed by atoms with Crippen LogP contribution in [0.25, 0.3) is 11.1 Å². The van der Waals surface area contributed by atoms with Gasteiger partial charge in [-0.25, -0.2) is 0 Å². The molecule has 0 saturated carbocycles. The molecule has 1 heterocycles. The zero-order chi connectivity index (χ0) is 20.8. The summed E-state index contributed by atoms with van der Waals surface area (Å²) in [7, 11) is 0. The molecule has 29 heavy (non-hydrogen) atoms. The first kappa shape index (κ1) is 21.4. The minimum atomic E-state index is 0.143. The molecule has 156 valence electrons. The summed E-state index contributed by atoms with van der Waals surface area (Å²) in [5, 5.41) is 3.39. The number of benzene rings is 2. The number of likely N-dealkylation sites (tertiary alicyclic amines) is 1. The van der Waals surface area contributed by atoms with Crippen LogP contribution in [0, 0.1) is 0 Å². The summed E-state index contributed by atoms with van der Waals surface area (Å²) in [5.74, 6) is 1.03. The van der Waals surface area contributed by atoms with Crippen molar-refractivity contribution in [1.29, 1.82) is 0 Å². The number of nitrogens with one attached hydrogen (secondary N) is 1. The number of carbonyl (C=O) groups excluding carboxylic acids is 1. The molecule has 4 nitrogen and oxygen atoms in total. The van der Waals surface area contributed by atoms with Crippen LogP contribution in [0.4, 0.5) is 0 Å². The minimum absolute atomic E-state index is 0.143. The fourth-order valence-electron chi connectivity index (χ4n) is 3.95. The Balaban J connectivity index is 1.56. The molecule has 0 bridgehead atoms. The molecule has 0 radical (unpaired) electrons. The van der Waals surface area contributed by atoms with Gasteiger partial charge in [0.15, 0.2) is 0 Å². The first-order valence-electron chi connectivity index (χ1n) is 10.8.